The van der Waals surface area contributed by atoms with Crippen LogP contribution in [0.3, 0.4) is 0 Å². The van der Waals surface area contributed by atoms with E-state index in [0.29, 0.717) is 11.4 Å². The third-order valence-electron chi connectivity index (χ3n) is 4.06. The Morgan fingerprint density at radius 3 is 2.50 bits per heavy atom. The van der Waals surface area contributed by atoms with Crippen molar-refractivity contribution in [3.63, 3.8) is 0 Å². The van der Waals surface area contributed by atoms with Crippen LogP contribution in [0.4, 0.5) is 10.2 Å². The third-order valence-corrected chi connectivity index (χ3v) is 5.43. The molecule has 2 aromatic heterocycles. The highest BCUT2D eigenvalue weighted by atomic mass is 32.2. The number of anilines is 1. The monoisotopic (exact) mass is 399 g/mol. The van der Waals surface area contributed by atoms with Crippen LogP contribution in [0.5, 0.6) is 5.75 Å². The van der Waals surface area contributed by atoms with Crippen molar-refractivity contribution in [3.05, 3.63) is 66.5 Å². The van der Waals surface area contributed by atoms with Gasteiger partial charge in [-0.05, 0) is 12.1 Å². The maximum Gasteiger partial charge on any atom is 0.266 e. The molecule has 0 saturated heterocycles. The van der Waals surface area contributed by atoms with E-state index in [1.54, 1.807) is 6.07 Å². The summed E-state index contributed by atoms with van der Waals surface area (Å²) in [6, 6.07) is 16.0. The lowest BCUT2D eigenvalue weighted by Crippen LogP contribution is -2.15. The Morgan fingerprint density at radius 2 is 1.79 bits per heavy atom. The number of rotatable bonds is 5. The number of benzene rings is 2. The molecule has 0 atom stereocenters. The van der Waals surface area contributed by atoms with E-state index in [9.17, 15) is 12.8 Å². The van der Waals surface area contributed by atoms with E-state index in [0.717, 1.165) is 17.7 Å². The van der Waals surface area contributed by atoms with Crippen LogP contribution in [-0.4, -0.2) is 25.7 Å². The lowest BCUT2D eigenvalue weighted by molar-refractivity contribution is 0.418. The van der Waals surface area contributed by atoms with Gasteiger partial charge in [-0.15, -0.1) is 0 Å². The molecule has 2 aromatic carbocycles. The second kappa shape index (κ2) is 6.93. The zero-order valence-electron chi connectivity index (χ0n) is 14.6. The number of aromatic nitrogens is 2. The number of halogens is 1. The van der Waals surface area contributed by atoms with Crippen LogP contribution in [0.25, 0.3) is 22.4 Å². The van der Waals surface area contributed by atoms with Crippen LogP contribution in [0.2, 0.25) is 0 Å². The molecule has 142 valence electrons. The van der Waals surface area contributed by atoms with E-state index in [1.165, 1.54) is 19.2 Å². The fourth-order valence-electron chi connectivity index (χ4n) is 2.75. The Morgan fingerprint density at radius 1 is 1.07 bits per heavy atom. The molecule has 0 radical (unpaired) electrons. The molecule has 0 fully saturated rings. The summed E-state index contributed by atoms with van der Waals surface area (Å²) in [5.74, 6) is -0.696. The molecule has 0 aliphatic heterocycles. The summed E-state index contributed by atoms with van der Waals surface area (Å²) in [5, 5.41) is 3.99. The molecule has 0 amide bonds. The lowest BCUT2D eigenvalue weighted by Gasteiger charge is -2.08. The second-order valence-corrected chi connectivity index (χ2v) is 7.47. The molecule has 4 rings (SSSR count). The highest BCUT2D eigenvalue weighted by molar-refractivity contribution is 7.92. The number of nitrogens with one attached hydrogen (secondary N) is 1. The Labute approximate surface area is 159 Å². The van der Waals surface area contributed by atoms with Crippen LogP contribution in [0, 0.1) is 5.82 Å². The first kappa shape index (κ1) is 17.9. The van der Waals surface area contributed by atoms with Gasteiger partial charge in [-0.2, -0.15) is 0 Å². The predicted molar refractivity (Wildman–Crippen MR) is 101 cm³/mol. The van der Waals surface area contributed by atoms with E-state index in [-0.39, 0.29) is 16.9 Å². The van der Waals surface area contributed by atoms with Gasteiger partial charge in [-0.3, -0.25) is 4.72 Å². The van der Waals surface area contributed by atoms with Crippen LogP contribution in [-0.2, 0) is 10.0 Å². The molecule has 9 heteroatoms. The van der Waals surface area contributed by atoms with Gasteiger partial charge in [-0.1, -0.05) is 47.6 Å². The summed E-state index contributed by atoms with van der Waals surface area (Å²) in [6.45, 7) is 0. The fraction of sp³-hybridized carbons (Fsp3) is 0.0526. The smallest absolute Gasteiger partial charge is 0.266 e. The van der Waals surface area contributed by atoms with E-state index in [2.05, 4.69) is 14.9 Å². The van der Waals surface area contributed by atoms with E-state index >= 15 is 0 Å². The van der Waals surface area contributed by atoms with Crippen molar-refractivity contribution in [2.45, 2.75) is 4.90 Å². The number of methoxy groups -OCH3 is 1. The van der Waals surface area contributed by atoms with Gasteiger partial charge < -0.3 is 9.26 Å². The van der Waals surface area contributed by atoms with Gasteiger partial charge in [0, 0.05) is 11.6 Å². The molecule has 0 saturated carbocycles. The summed E-state index contributed by atoms with van der Waals surface area (Å²) in [4.78, 5) is 3.88. The Hall–Kier alpha value is -3.46. The number of nitrogens with zero attached hydrogens (tertiary/aromatic N) is 2. The molecule has 28 heavy (non-hydrogen) atoms. The standard InChI is InChI=1S/C19H14FN3O4S/c1-26-15-11-14(12-7-3-2-4-8-12)21-19-17(15)18(22-27-19)23-28(24,25)16-10-6-5-9-13(16)20/h2-11H,1H3,(H,22,23). The zero-order valence-corrected chi connectivity index (χ0v) is 15.4. The minimum atomic E-state index is -4.22. The average Bonchev–Trinajstić information content (AvgIpc) is 3.10. The highest BCUT2D eigenvalue weighted by Gasteiger charge is 2.24. The predicted octanol–water partition coefficient (Wildman–Crippen LogP) is 3.84. The van der Waals surface area contributed by atoms with Gasteiger partial charge in [0.15, 0.2) is 5.82 Å². The van der Waals surface area contributed by atoms with Crippen molar-refractivity contribution < 1.29 is 22.1 Å². The first-order chi connectivity index (χ1) is 13.5. The first-order valence-electron chi connectivity index (χ1n) is 8.17. The number of fused-ring (bicyclic) bond motifs is 1. The Balaban J connectivity index is 1.80. The Bertz CT molecular complexity index is 1260. The molecule has 0 spiro atoms. The van der Waals surface area contributed by atoms with Crippen LogP contribution < -0.4 is 9.46 Å². The van der Waals surface area contributed by atoms with Gasteiger partial charge >= 0.3 is 0 Å². The van der Waals surface area contributed by atoms with Crippen LogP contribution in [0.15, 0.2) is 70.1 Å². The van der Waals surface area contributed by atoms with E-state index < -0.39 is 20.7 Å². The lowest BCUT2D eigenvalue weighted by atomic mass is 10.1. The molecular weight excluding hydrogens is 385 g/mol. The van der Waals surface area contributed by atoms with Gasteiger partial charge in [0.2, 0.25) is 0 Å². The molecular formula is C19H14FN3O4S. The molecule has 7 nitrogen and oxygen atoms in total. The molecule has 1 N–H and O–H groups in total. The molecule has 0 bridgehead atoms. The van der Waals surface area contributed by atoms with Crippen molar-refractivity contribution in [1.82, 2.24) is 10.1 Å². The van der Waals surface area contributed by atoms with Crippen LogP contribution >= 0.6 is 0 Å². The molecule has 2 heterocycles. The van der Waals surface area contributed by atoms with E-state index in [4.69, 9.17) is 9.26 Å². The van der Waals surface area contributed by atoms with Gasteiger partial charge in [0.25, 0.3) is 15.7 Å². The average molecular weight is 399 g/mol. The summed E-state index contributed by atoms with van der Waals surface area (Å²) in [6.07, 6.45) is 0. The molecule has 4 aromatic rings. The van der Waals surface area contributed by atoms with Crippen molar-refractivity contribution in [3.8, 4) is 17.0 Å². The maximum atomic E-state index is 13.9. The number of ether oxygens (including phenoxy) is 1. The molecule has 0 aliphatic rings. The van der Waals surface area contributed by atoms with Crippen molar-refractivity contribution in [2.24, 2.45) is 0 Å². The summed E-state index contributed by atoms with van der Waals surface area (Å²) < 4.78 is 51.9. The SMILES string of the molecule is COc1cc(-c2ccccc2)nc2onc(NS(=O)(=O)c3ccccc3F)c12. The number of hydrogen-bond acceptors (Lipinski definition) is 6. The van der Waals surface area contributed by atoms with Gasteiger partial charge in [-0.25, -0.2) is 17.8 Å². The fourth-order valence-corrected chi connectivity index (χ4v) is 3.84. The Kier molecular flexibility index (Phi) is 4.44. The van der Waals surface area contributed by atoms with Gasteiger partial charge in [0.05, 0.1) is 12.8 Å². The number of sulfonamides is 1. The van der Waals surface area contributed by atoms with Gasteiger partial charge in [0.1, 0.15) is 21.8 Å². The quantitative estimate of drug-likeness (QED) is 0.548. The van der Waals surface area contributed by atoms with Crippen LogP contribution in [0.1, 0.15) is 0 Å². The normalized spacial score (nSPS) is 11.5. The number of hydrogen-bond donors (Lipinski definition) is 1. The topological polar surface area (TPSA) is 94.3 Å². The van der Waals surface area contributed by atoms with E-state index in [1.807, 2.05) is 30.3 Å². The van der Waals surface area contributed by atoms with Crippen molar-refractivity contribution >= 4 is 26.9 Å². The second-order valence-electron chi connectivity index (χ2n) is 5.82. The van der Waals surface area contributed by atoms with Crippen molar-refractivity contribution in [2.75, 3.05) is 11.8 Å². The maximum absolute atomic E-state index is 13.9. The third kappa shape index (κ3) is 3.16. The summed E-state index contributed by atoms with van der Waals surface area (Å²) >= 11 is 0. The molecule has 0 unspecified atom stereocenters. The minimum Gasteiger partial charge on any atom is -0.496 e. The molecule has 0 aliphatic carbocycles. The number of pyridine rings is 1. The first-order valence-corrected chi connectivity index (χ1v) is 9.65. The largest absolute Gasteiger partial charge is 0.496 e. The summed E-state index contributed by atoms with van der Waals surface area (Å²) in [5.41, 5.74) is 1.49. The van der Waals surface area contributed by atoms with Crippen molar-refractivity contribution in [1.29, 1.82) is 0 Å². The summed E-state index contributed by atoms with van der Waals surface area (Å²) in [7, 11) is -2.79. The zero-order chi connectivity index (χ0) is 19.7. The minimum absolute atomic E-state index is 0.0874. The highest BCUT2D eigenvalue weighted by Crippen LogP contribution is 2.35.